The maximum absolute atomic E-state index is 9.39. The van der Waals surface area contributed by atoms with Crippen molar-refractivity contribution in [1.82, 2.24) is 10.2 Å². The Bertz CT molecular complexity index is 559. The summed E-state index contributed by atoms with van der Waals surface area (Å²) in [7, 11) is 0. The highest BCUT2D eigenvalue weighted by molar-refractivity contribution is 5.65. The van der Waals surface area contributed by atoms with Crippen molar-refractivity contribution in [2.45, 2.75) is 24.7 Å². The van der Waals surface area contributed by atoms with Crippen LogP contribution >= 0.6 is 0 Å². The lowest BCUT2D eigenvalue weighted by molar-refractivity contribution is 0.325. The molecule has 0 aliphatic heterocycles. The zero-order valence-electron chi connectivity index (χ0n) is 9.48. The van der Waals surface area contributed by atoms with Crippen molar-refractivity contribution >= 4 is 0 Å². The molecule has 3 rings (SSSR count). The van der Waals surface area contributed by atoms with E-state index in [1.165, 1.54) is 0 Å². The topological polar surface area (TPSA) is 52.5 Å². The van der Waals surface area contributed by atoms with Gasteiger partial charge in [0.05, 0.1) is 23.4 Å². The van der Waals surface area contributed by atoms with Crippen molar-refractivity contribution < 1.29 is 0 Å². The van der Waals surface area contributed by atoms with E-state index >= 15 is 0 Å². The van der Waals surface area contributed by atoms with Gasteiger partial charge in [-0.3, -0.25) is 5.10 Å². The Hall–Kier alpha value is -2.08. The summed E-state index contributed by atoms with van der Waals surface area (Å²) in [6.45, 7) is 0. The molecule has 0 amide bonds. The van der Waals surface area contributed by atoms with Crippen LogP contribution in [-0.4, -0.2) is 10.2 Å². The SMILES string of the molecule is N#CC1(c2cn[nH]c2-c2ccccc2)CCC1. The van der Waals surface area contributed by atoms with E-state index in [0.29, 0.717) is 0 Å². The molecule has 3 nitrogen and oxygen atoms in total. The summed E-state index contributed by atoms with van der Waals surface area (Å²) in [5, 5.41) is 16.5. The van der Waals surface area contributed by atoms with Crippen LogP contribution in [-0.2, 0) is 5.41 Å². The Kier molecular flexibility index (Phi) is 2.22. The highest BCUT2D eigenvalue weighted by atomic mass is 15.1. The van der Waals surface area contributed by atoms with Gasteiger partial charge < -0.3 is 0 Å². The van der Waals surface area contributed by atoms with E-state index in [0.717, 1.165) is 36.1 Å². The Labute approximate surface area is 100 Å². The number of nitrogens with one attached hydrogen (secondary N) is 1. The first kappa shape index (κ1) is 10.1. The van der Waals surface area contributed by atoms with Crippen molar-refractivity contribution in [2.75, 3.05) is 0 Å². The molecule has 0 saturated heterocycles. The molecule has 0 atom stereocenters. The number of aromatic amines is 1. The first-order valence-corrected chi connectivity index (χ1v) is 5.86. The van der Waals surface area contributed by atoms with Gasteiger partial charge in [-0.1, -0.05) is 30.3 Å². The lowest BCUT2D eigenvalue weighted by Gasteiger charge is -2.35. The molecule has 84 valence electrons. The third-order valence-corrected chi connectivity index (χ3v) is 3.64. The quantitative estimate of drug-likeness (QED) is 0.850. The second-order valence-electron chi connectivity index (χ2n) is 4.57. The lowest BCUT2D eigenvalue weighted by atomic mass is 9.65. The fourth-order valence-corrected chi connectivity index (χ4v) is 2.45. The Morgan fingerprint density at radius 3 is 2.59 bits per heavy atom. The zero-order valence-corrected chi connectivity index (χ0v) is 9.48. The number of H-pyrrole nitrogens is 1. The van der Waals surface area contributed by atoms with E-state index in [1.54, 1.807) is 0 Å². The van der Waals surface area contributed by atoms with E-state index < -0.39 is 0 Å². The second kappa shape index (κ2) is 3.74. The fraction of sp³-hybridized carbons (Fsp3) is 0.286. The van der Waals surface area contributed by atoms with Crippen LogP contribution in [0.4, 0.5) is 0 Å². The van der Waals surface area contributed by atoms with Gasteiger partial charge in [0.2, 0.25) is 0 Å². The maximum atomic E-state index is 9.39. The minimum Gasteiger partial charge on any atom is -0.278 e. The third kappa shape index (κ3) is 1.45. The van der Waals surface area contributed by atoms with Crippen LogP contribution in [0.2, 0.25) is 0 Å². The van der Waals surface area contributed by atoms with Gasteiger partial charge in [0.15, 0.2) is 0 Å². The van der Waals surface area contributed by atoms with E-state index in [4.69, 9.17) is 0 Å². The second-order valence-corrected chi connectivity index (χ2v) is 4.57. The van der Waals surface area contributed by atoms with Crippen LogP contribution in [0.1, 0.15) is 24.8 Å². The Balaban J connectivity index is 2.10. The molecule has 1 fully saturated rings. The molecule has 1 aliphatic carbocycles. The maximum Gasteiger partial charge on any atom is 0.0859 e. The summed E-state index contributed by atoms with van der Waals surface area (Å²) >= 11 is 0. The monoisotopic (exact) mass is 223 g/mol. The largest absolute Gasteiger partial charge is 0.278 e. The minimum absolute atomic E-state index is 0.307. The molecule has 1 aliphatic rings. The highest BCUT2D eigenvalue weighted by Crippen LogP contribution is 2.45. The van der Waals surface area contributed by atoms with Gasteiger partial charge in [-0.25, -0.2) is 0 Å². The molecule has 1 saturated carbocycles. The molecular weight excluding hydrogens is 210 g/mol. The van der Waals surface area contributed by atoms with Crippen LogP contribution in [0.5, 0.6) is 0 Å². The summed E-state index contributed by atoms with van der Waals surface area (Å²) in [4.78, 5) is 0. The van der Waals surface area contributed by atoms with Crippen LogP contribution in [0.15, 0.2) is 36.5 Å². The van der Waals surface area contributed by atoms with E-state index in [-0.39, 0.29) is 5.41 Å². The lowest BCUT2D eigenvalue weighted by Crippen LogP contribution is -2.32. The molecule has 2 aromatic rings. The number of rotatable bonds is 2. The standard InChI is InChI=1S/C14H13N3/c15-10-14(7-4-8-14)12-9-16-17-13(12)11-5-2-1-3-6-11/h1-3,5-6,9H,4,7-8H2,(H,16,17). The minimum atomic E-state index is -0.307. The fourth-order valence-electron chi connectivity index (χ4n) is 2.45. The van der Waals surface area contributed by atoms with Crippen molar-refractivity contribution in [3.63, 3.8) is 0 Å². The van der Waals surface area contributed by atoms with Crippen molar-refractivity contribution in [3.05, 3.63) is 42.1 Å². The Morgan fingerprint density at radius 1 is 1.24 bits per heavy atom. The number of nitrogens with zero attached hydrogens (tertiary/aromatic N) is 2. The molecule has 0 unspecified atom stereocenters. The van der Waals surface area contributed by atoms with Gasteiger partial charge >= 0.3 is 0 Å². The summed E-state index contributed by atoms with van der Waals surface area (Å²) in [5.74, 6) is 0. The molecule has 1 N–H and O–H groups in total. The summed E-state index contributed by atoms with van der Waals surface area (Å²) in [6.07, 6.45) is 4.84. The third-order valence-electron chi connectivity index (χ3n) is 3.64. The van der Waals surface area contributed by atoms with Gasteiger partial charge in [-0.05, 0) is 24.8 Å². The predicted octanol–water partition coefficient (Wildman–Crippen LogP) is 3.02. The Morgan fingerprint density at radius 2 is 2.00 bits per heavy atom. The zero-order chi connectivity index (χ0) is 11.7. The number of aromatic nitrogens is 2. The number of hydrogen-bond acceptors (Lipinski definition) is 2. The van der Waals surface area contributed by atoms with E-state index in [2.05, 4.69) is 16.3 Å². The molecule has 1 aromatic carbocycles. The van der Waals surface area contributed by atoms with Crippen LogP contribution in [0, 0.1) is 11.3 Å². The number of benzene rings is 1. The van der Waals surface area contributed by atoms with Crippen LogP contribution in [0.3, 0.4) is 0 Å². The molecule has 1 aromatic heterocycles. The van der Waals surface area contributed by atoms with Crippen molar-refractivity contribution in [2.24, 2.45) is 0 Å². The summed E-state index contributed by atoms with van der Waals surface area (Å²) in [5.41, 5.74) is 2.84. The molecule has 1 heterocycles. The number of nitriles is 1. The molecule has 0 bridgehead atoms. The summed E-state index contributed by atoms with van der Waals surface area (Å²) < 4.78 is 0. The first-order valence-electron chi connectivity index (χ1n) is 5.86. The van der Waals surface area contributed by atoms with E-state index in [9.17, 15) is 5.26 Å². The average Bonchev–Trinajstić information content (AvgIpc) is 2.79. The molecular formula is C14H13N3. The predicted molar refractivity (Wildman–Crippen MR) is 65.2 cm³/mol. The first-order chi connectivity index (χ1) is 8.36. The van der Waals surface area contributed by atoms with Gasteiger partial charge in [0.25, 0.3) is 0 Å². The van der Waals surface area contributed by atoms with Crippen molar-refractivity contribution in [1.29, 1.82) is 5.26 Å². The van der Waals surface area contributed by atoms with Crippen LogP contribution in [0.25, 0.3) is 11.3 Å². The molecule has 0 spiro atoms. The van der Waals surface area contributed by atoms with Gasteiger partial charge in [-0.15, -0.1) is 0 Å². The van der Waals surface area contributed by atoms with Crippen molar-refractivity contribution in [3.8, 4) is 17.3 Å². The molecule has 17 heavy (non-hydrogen) atoms. The van der Waals surface area contributed by atoms with E-state index in [1.807, 2.05) is 36.5 Å². The van der Waals surface area contributed by atoms with Gasteiger partial charge in [0.1, 0.15) is 0 Å². The average molecular weight is 223 g/mol. The molecule has 0 radical (unpaired) electrons. The normalized spacial score (nSPS) is 17.1. The van der Waals surface area contributed by atoms with Crippen LogP contribution < -0.4 is 0 Å². The molecule has 3 heteroatoms. The van der Waals surface area contributed by atoms with Gasteiger partial charge in [0, 0.05) is 5.56 Å². The van der Waals surface area contributed by atoms with Gasteiger partial charge in [-0.2, -0.15) is 10.4 Å². The number of hydrogen-bond donors (Lipinski definition) is 1. The highest BCUT2D eigenvalue weighted by Gasteiger charge is 2.41. The smallest absolute Gasteiger partial charge is 0.0859 e. The summed E-state index contributed by atoms with van der Waals surface area (Å²) in [6, 6.07) is 12.5.